The van der Waals surface area contributed by atoms with Crippen LogP contribution >= 0.6 is 11.6 Å². The summed E-state index contributed by atoms with van der Waals surface area (Å²) in [5.41, 5.74) is 0.790. The molecule has 0 aliphatic rings. The third kappa shape index (κ3) is 4.95. The van der Waals surface area contributed by atoms with Gasteiger partial charge in [-0.05, 0) is 51.5 Å². The van der Waals surface area contributed by atoms with E-state index in [1.165, 1.54) is 0 Å². The molecule has 0 unspecified atom stereocenters. The van der Waals surface area contributed by atoms with Crippen molar-refractivity contribution in [2.75, 3.05) is 20.2 Å². The zero-order chi connectivity index (χ0) is 16.7. The lowest BCUT2D eigenvalue weighted by atomic mass is 10.1. The maximum atomic E-state index is 12.0. The number of amides is 1. The topological polar surface area (TPSA) is 38.8 Å². The molecule has 0 aliphatic heterocycles. The van der Waals surface area contributed by atoms with Gasteiger partial charge in [0.05, 0.1) is 18.2 Å². The Labute approximate surface area is 137 Å². The van der Waals surface area contributed by atoms with Crippen LogP contribution in [0.25, 0.3) is 6.08 Å². The average molecular weight is 326 g/mol. The molecule has 4 nitrogen and oxygen atoms in total. The van der Waals surface area contributed by atoms with Gasteiger partial charge in [0.25, 0.3) is 0 Å². The molecular weight excluding hydrogens is 302 g/mol. The number of halogens is 1. The maximum Gasteiger partial charge on any atom is 0.246 e. The fourth-order valence-corrected chi connectivity index (χ4v) is 2.26. The molecule has 1 aromatic carbocycles. The molecule has 0 fully saturated rings. The number of methoxy groups -OCH3 is 1. The van der Waals surface area contributed by atoms with Crippen LogP contribution in [0.1, 0.15) is 33.3 Å². The van der Waals surface area contributed by atoms with E-state index in [2.05, 4.69) is 0 Å². The van der Waals surface area contributed by atoms with Gasteiger partial charge in [-0.2, -0.15) is 0 Å². The predicted molar refractivity (Wildman–Crippen MR) is 90.7 cm³/mol. The van der Waals surface area contributed by atoms with Gasteiger partial charge in [-0.15, -0.1) is 0 Å². The molecule has 1 rings (SSSR count). The minimum absolute atomic E-state index is 0.00274. The van der Waals surface area contributed by atoms with Crippen LogP contribution in [0, 0.1) is 0 Å². The molecule has 0 heterocycles. The molecule has 22 heavy (non-hydrogen) atoms. The van der Waals surface area contributed by atoms with Crippen molar-refractivity contribution >= 4 is 23.6 Å². The van der Waals surface area contributed by atoms with E-state index in [1.54, 1.807) is 36.3 Å². The Hall–Kier alpha value is -1.68. The van der Waals surface area contributed by atoms with Crippen LogP contribution in [0.2, 0.25) is 5.02 Å². The number of nitrogens with zero attached hydrogens (tertiary/aromatic N) is 1. The minimum Gasteiger partial charge on any atom is -0.493 e. The van der Waals surface area contributed by atoms with E-state index in [9.17, 15) is 4.79 Å². The first kappa shape index (κ1) is 18.4. The van der Waals surface area contributed by atoms with Crippen LogP contribution in [-0.2, 0) is 4.79 Å². The van der Waals surface area contributed by atoms with Gasteiger partial charge in [0, 0.05) is 19.2 Å². The Kier molecular flexibility index (Phi) is 7.25. The molecule has 0 spiro atoms. The summed E-state index contributed by atoms with van der Waals surface area (Å²) in [6.07, 6.45) is 3.27. The van der Waals surface area contributed by atoms with Crippen molar-refractivity contribution in [2.24, 2.45) is 0 Å². The van der Waals surface area contributed by atoms with Crippen molar-refractivity contribution in [3.63, 3.8) is 0 Å². The third-order valence-electron chi connectivity index (χ3n) is 3.10. The number of hydrogen-bond donors (Lipinski definition) is 0. The maximum absolute atomic E-state index is 12.0. The largest absolute Gasteiger partial charge is 0.493 e. The SMILES string of the molecule is CCN(CC)C(=O)/C=C/c1cc(Cl)c(OC(C)C)c(OC)c1. The Morgan fingerprint density at radius 3 is 2.45 bits per heavy atom. The standard InChI is InChI=1S/C17H24ClNO3/c1-6-19(7-2)16(20)9-8-13-10-14(18)17(22-12(3)4)15(11-13)21-5/h8-12H,6-7H2,1-5H3/b9-8+. The van der Waals surface area contributed by atoms with Crippen molar-refractivity contribution in [3.05, 3.63) is 28.8 Å². The van der Waals surface area contributed by atoms with Gasteiger partial charge in [0.1, 0.15) is 0 Å². The molecule has 0 N–H and O–H groups in total. The fourth-order valence-electron chi connectivity index (χ4n) is 1.99. The minimum atomic E-state index is -0.0254. The van der Waals surface area contributed by atoms with E-state index in [0.29, 0.717) is 29.6 Å². The van der Waals surface area contributed by atoms with Crippen LogP contribution in [0.3, 0.4) is 0 Å². The Morgan fingerprint density at radius 2 is 1.95 bits per heavy atom. The van der Waals surface area contributed by atoms with Crippen LogP contribution in [0.4, 0.5) is 0 Å². The van der Waals surface area contributed by atoms with Gasteiger partial charge in [0.15, 0.2) is 11.5 Å². The molecule has 0 saturated heterocycles. The average Bonchev–Trinajstić information content (AvgIpc) is 2.48. The lowest BCUT2D eigenvalue weighted by molar-refractivity contribution is -0.125. The van der Waals surface area contributed by atoms with E-state index in [1.807, 2.05) is 27.7 Å². The molecule has 0 bridgehead atoms. The molecule has 0 saturated carbocycles. The van der Waals surface area contributed by atoms with Crippen LogP contribution in [0.5, 0.6) is 11.5 Å². The van der Waals surface area contributed by atoms with Gasteiger partial charge >= 0.3 is 0 Å². The molecule has 0 aliphatic carbocycles. The second-order valence-electron chi connectivity index (χ2n) is 5.04. The van der Waals surface area contributed by atoms with Crippen LogP contribution in [0.15, 0.2) is 18.2 Å². The fraction of sp³-hybridized carbons (Fsp3) is 0.471. The first-order chi connectivity index (χ1) is 10.4. The second kappa shape index (κ2) is 8.69. The zero-order valence-corrected chi connectivity index (χ0v) is 14.6. The van der Waals surface area contributed by atoms with E-state index >= 15 is 0 Å². The van der Waals surface area contributed by atoms with E-state index in [0.717, 1.165) is 5.56 Å². The summed E-state index contributed by atoms with van der Waals surface area (Å²) >= 11 is 6.26. The van der Waals surface area contributed by atoms with Gasteiger partial charge in [0.2, 0.25) is 5.91 Å². The summed E-state index contributed by atoms with van der Waals surface area (Å²) in [6.45, 7) is 9.12. The number of likely N-dealkylation sites (N-methyl/N-ethyl adjacent to an activating group) is 1. The normalized spacial score (nSPS) is 11.0. The number of ether oxygens (including phenoxy) is 2. The third-order valence-corrected chi connectivity index (χ3v) is 3.38. The molecule has 0 atom stereocenters. The zero-order valence-electron chi connectivity index (χ0n) is 13.9. The van der Waals surface area contributed by atoms with Gasteiger partial charge in [-0.25, -0.2) is 0 Å². The second-order valence-corrected chi connectivity index (χ2v) is 5.45. The quantitative estimate of drug-likeness (QED) is 0.711. The van der Waals surface area contributed by atoms with E-state index < -0.39 is 0 Å². The number of benzene rings is 1. The van der Waals surface area contributed by atoms with Crippen molar-refractivity contribution in [2.45, 2.75) is 33.8 Å². The summed E-state index contributed by atoms with van der Waals surface area (Å²) in [5, 5.41) is 0.461. The highest BCUT2D eigenvalue weighted by Gasteiger charge is 2.13. The molecular formula is C17H24ClNO3. The first-order valence-electron chi connectivity index (χ1n) is 7.44. The van der Waals surface area contributed by atoms with E-state index in [-0.39, 0.29) is 12.0 Å². The monoisotopic (exact) mass is 325 g/mol. The summed E-state index contributed by atoms with van der Waals surface area (Å²) < 4.78 is 11.0. The van der Waals surface area contributed by atoms with Crippen molar-refractivity contribution in [3.8, 4) is 11.5 Å². The van der Waals surface area contributed by atoms with Gasteiger partial charge in [-0.3, -0.25) is 4.79 Å². The Bertz CT molecular complexity index is 537. The Balaban J connectivity index is 3.02. The highest BCUT2D eigenvalue weighted by Crippen LogP contribution is 2.37. The molecule has 1 amide bonds. The van der Waals surface area contributed by atoms with Crippen molar-refractivity contribution in [1.29, 1.82) is 0 Å². The molecule has 1 aromatic rings. The van der Waals surface area contributed by atoms with E-state index in [4.69, 9.17) is 21.1 Å². The number of carbonyl (C=O) groups is 1. The number of rotatable bonds is 7. The number of carbonyl (C=O) groups excluding carboxylic acids is 1. The first-order valence-corrected chi connectivity index (χ1v) is 7.81. The van der Waals surface area contributed by atoms with Crippen LogP contribution in [-0.4, -0.2) is 37.1 Å². The Morgan fingerprint density at radius 1 is 1.32 bits per heavy atom. The lowest BCUT2D eigenvalue weighted by Crippen LogP contribution is -2.28. The molecule has 0 radical (unpaired) electrons. The number of hydrogen-bond acceptors (Lipinski definition) is 3. The molecule has 0 aromatic heterocycles. The highest BCUT2D eigenvalue weighted by atomic mass is 35.5. The van der Waals surface area contributed by atoms with Gasteiger partial charge in [-0.1, -0.05) is 11.6 Å². The summed E-state index contributed by atoms with van der Waals surface area (Å²) in [6, 6.07) is 3.56. The summed E-state index contributed by atoms with van der Waals surface area (Å²) in [7, 11) is 1.56. The summed E-state index contributed by atoms with van der Waals surface area (Å²) in [5.74, 6) is 1.05. The summed E-state index contributed by atoms with van der Waals surface area (Å²) in [4.78, 5) is 13.7. The smallest absolute Gasteiger partial charge is 0.246 e. The molecule has 5 heteroatoms. The van der Waals surface area contributed by atoms with Crippen molar-refractivity contribution in [1.82, 2.24) is 4.90 Å². The predicted octanol–water partition coefficient (Wildman–Crippen LogP) is 4.02. The molecule has 122 valence electrons. The highest BCUT2D eigenvalue weighted by molar-refractivity contribution is 6.32. The van der Waals surface area contributed by atoms with Gasteiger partial charge < -0.3 is 14.4 Å². The van der Waals surface area contributed by atoms with Crippen LogP contribution < -0.4 is 9.47 Å². The van der Waals surface area contributed by atoms with Crippen molar-refractivity contribution < 1.29 is 14.3 Å². The lowest BCUT2D eigenvalue weighted by Gasteiger charge is -2.16.